The summed E-state index contributed by atoms with van der Waals surface area (Å²) in [5, 5.41) is 14.2. The summed E-state index contributed by atoms with van der Waals surface area (Å²) in [7, 11) is 0. The molecule has 2 aliphatic rings. The predicted molar refractivity (Wildman–Crippen MR) is 114 cm³/mol. The number of esters is 1. The molecule has 1 amide bonds. The molecule has 0 unspecified atom stereocenters. The molecule has 2 fully saturated rings. The van der Waals surface area contributed by atoms with Gasteiger partial charge in [0.2, 0.25) is 6.10 Å². The normalized spacial score (nSPS) is 17.6. The number of nitrogens with one attached hydrogen (secondary N) is 1. The highest BCUT2D eigenvalue weighted by Crippen LogP contribution is 2.32. The Morgan fingerprint density at radius 3 is 2.29 bits per heavy atom. The molecule has 1 atom stereocenters. The number of nitro groups is 1. The molecule has 1 heterocycles. The first-order chi connectivity index (χ1) is 15.0. The highest BCUT2D eigenvalue weighted by atomic mass is 16.6. The van der Waals surface area contributed by atoms with E-state index < -0.39 is 17.0 Å². The van der Waals surface area contributed by atoms with Gasteiger partial charge in [0.05, 0.1) is 10.8 Å². The number of carbonyl (C=O) groups excluding carboxylic acids is 2. The number of anilines is 1. The smallest absolute Gasteiger partial charge is 0.310 e. The van der Waals surface area contributed by atoms with Crippen LogP contribution in [0.25, 0.3) is 0 Å². The number of para-hydroxylation sites is 2. The van der Waals surface area contributed by atoms with Crippen molar-refractivity contribution in [3.05, 3.63) is 70.3 Å². The molecule has 1 saturated carbocycles. The average molecular weight is 423 g/mol. The van der Waals surface area contributed by atoms with Crippen LogP contribution in [0.2, 0.25) is 0 Å². The molecule has 8 heteroatoms. The Labute approximate surface area is 180 Å². The molecule has 1 N–H and O–H groups in total. The number of benzene rings is 2. The van der Waals surface area contributed by atoms with E-state index in [-0.39, 0.29) is 23.6 Å². The molecular formula is C23H25N3O5. The number of piperidine rings is 1. The SMILES string of the molecule is O=C(O[C@H](C(=O)NC1CC1)c1ccccc1)C1CCN(c2ccccc2[N+](=O)[O-])CC1. The third-order valence-electron chi connectivity index (χ3n) is 5.75. The fourth-order valence-electron chi connectivity index (χ4n) is 3.86. The Bertz CT molecular complexity index is 953. The molecule has 1 saturated heterocycles. The molecule has 4 rings (SSSR count). The number of hydrogen-bond acceptors (Lipinski definition) is 6. The van der Waals surface area contributed by atoms with Crippen LogP contribution in [-0.4, -0.2) is 35.9 Å². The number of nitrogens with zero attached hydrogens (tertiary/aromatic N) is 2. The lowest BCUT2D eigenvalue weighted by atomic mass is 9.96. The number of hydrogen-bond donors (Lipinski definition) is 1. The van der Waals surface area contributed by atoms with Crippen LogP contribution in [0.3, 0.4) is 0 Å². The van der Waals surface area contributed by atoms with Crippen molar-refractivity contribution < 1.29 is 19.2 Å². The molecule has 0 bridgehead atoms. The third-order valence-corrected chi connectivity index (χ3v) is 5.75. The van der Waals surface area contributed by atoms with Crippen LogP contribution in [0, 0.1) is 16.0 Å². The monoisotopic (exact) mass is 423 g/mol. The zero-order chi connectivity index (χ0) is 21.8. The molecule has 8 nitrogen and oxygen atoms in total. The van der Waals surface area contributed by atoms with Gasteiger partial charge in [0.1, 0.15) is 5.69 Å². The highest BCUT2D eigenvalue weighted by molar-refractivity contribution is 5.86. The summed E-state index contributed by atoms with van der Waals surface area (Å²) < 4.78 is 5.69. The Hall–Kier alpha value is -3.42. The number of carbonyl (C=O) groups is 2. The van der Waals surface area contributed by atoms with Crippen molar-refractivity contribution >= 4 is 23.3 Å². The summed E-state index contributed by atoms with van der Waals surface area (Å²) in [4.78, 5) is 38.4. The van der Waals surface area contributed by atoms with E-state index in [0.717, 1.165) is 12.8 Å². The molecule has 0 aromatic heterocycles. The van der Waals surface area contributed by atoms with Gasteiger partial charge in [-0.05, 0) is 31.7 Å². The molecule has 0 radical (unpaired) electrons. The van der Waals surface area contributed by atoms with Gasteiger partial charge >= 0.3 is 5.97 Å². The maximum Gasteiger partial charge on any atom is 0.310 e. The van der Waals surface area contributed by atoms with Crippen LogP contribution in [0.4, 0.5) is 11.4 Å². The minimum Gasteiger partial charge on any atom is -0.447 e. The fourth-order valence-corrected chi connectivity index (χ4v) is 3.86. The van der Waals surface area contributed by atoms with Crippen molar-refractivity contribution in [1.82, 2.24) is 5.32 Å². The van der Waals surface area contributed by atoms with Crippen molar-refractivity contribution in [3.63, 3.8) is 0 Å². The van der Waals surface area contributed by atoms with Gasteiger partial charge in [-0.3, -0.25) is 19.7 Å². The zero-order valence-corrected chi connectivity index (χ0v) is 17.1. The Morgan fingerprint density at radius 1 is 1.00 bits per heavy atom. The molecule has 2 aromatic carbocycles. The summed E-state index contributed by atoms with van der Waals surface area (Å²) in [5.41, 5.74) is 1.26. The first-order valence-corrected chi connectivity index (χ1v) is 10.6. The maximum absolute atomic E-state index is 12.9. The Balaban J connectivity index is 1.40. The van der Waals surface area contributed by atoms with Crippen molar-refractivity contribution in [1.29, 1.82) is 0 Å². The van der Waals surface area contributed by atoms with E-state index in [1.165, 1.54) is 6.07 Å². The number of nitro benzene ring substituents is 1. The van der Waals surface area contributed by atoms with E-state index in [4.69, 9.17) is 4.74 Å². The van der Waals surface area contributed by atoms with E-state index in [0.29, 0.717) is 37.2 Å². The van der Waals surface area contributed by atoms with Crippen LogP contribution in [0.5, 0.6) is 0 Å². The quantitative estimate of drug-likeness (QED) is 0.416. The lowest BCUT2D eigenvalue weighted by molar-refractivity contribution is -0.384. The zero-order valence-electron chi connectivity index (χ0n) is 17.1. The number of ether oxygens (including phenoxy) is 1. The minimum atomic E-state index is -0.970. The minimum absolute atomic E-state index is 0.0596. The van der Waals surface area contributed by atoms with E-state index in [1.54, 1.807) is 30.3 Å². The topological polar surface area (TPSA) is 102 Å². The fraction of sp³-hybridized carbons (Fsp3) is 0.391. The first-order valence-electron chi connectivity index (χ1n) is 10.6. The average Bonchev–Trinajstić information content (AvgIpc) is 3.62. The van der Waals surface area contributed by atoms with Gasteiger partial charge < -0.3 is 15.0 Å². The van der Waals surface area contributed by atoms with E-state index in [9.17, 15) is 19.7 Å². The summed E-state index contributed by atoms with van der Waals surface area (Å²) in [6.07, 6.45) is 1.95. The van der Waals surface area contributed by atoms with Crippen molar-refractivity contribution in [2.45, 2.75) is 37.8 Å². The lowest BCUT2D eigenvalue weighted by Gasteiger charge is -2.32. The first kappa shape index (κ1) is 20.8. The van der Waals surface area contributed by atoms with Crippen LogP contribution in [0.1, 0.15) is 37.4 Å². The summed E-state index contributed by atoms with van der Waals surface area (Å²) >= 11 is 0. The van der Waals surface area contributed by atoms with Crippen LogP contribution in [-0.2, 0) is 14.3 Å². The Kier molecular flexibility index (Phi) is 6.16. The highest BCUT2D eigenvalue weighted by Gasteiger charge is 2.34. The largest absolute Gasteiger partial charge is 0.447 e. The molecule has 162 valence electrons. The van der Waals surface area contributed by atoms with E-state index in [1.807, 2.05) is 23.1 Å². The third kappa shape index (κ3) is 5.02. The molecule has 0 spiro atoms. The van der Waals surface area contributed by atoms with Gasteiger partial charge in [-0.1, -0.05) is 42.5 Å². The van der Waals surface area contributed by atoms with Gasteiger partial charge in [0, 0.05) is 30.8 Å². The van der Waals surface area contributed by atoms with E-state index >= 15 is 0 Å². The molecule has 1 aliphatic carbocycles. The van der Waals surface area contributed by atoms with Gasteiger partial charge in [0.15, 0.2) is 0 Å². The predicted octanol–water partition coefficient (Wildman–Crippen LogP) is 3.37. The maximum atomic E-state index is 12.9. The van der Waals surface area contributed by atoms with E-state index in [2.05, 4.69) is 5.32 Å². The van der Waals surface area contributed by atoms with Gasteiger partial charge in [-0.15, -0.1) is 0 Å². The second-order valence-electron chi connectivity index (χ2n) is 8.02. The van der Waals surface area contributed by atoms with Crippen LogP contribution >= 0.6 is 0 Å². The molecule has 2 aromatic rings. The van der Waals surface area contributed by atoms with Crippen molar-refractivity contribution in [2.24, 2.45) is 5.92 Å². The van der Waals surface area contributed by atoms with Crippen molar-refractivity contribution in [3.8, 4) is 0 Å². The Morgan fingerprint density at radius 2 is 1.65 bits per heavy atom. The van der Waals surface area contributed by atoms with Crippen LogP contribution in [0.15, 0.2) is 54.6 Å². The summed E-state index contributed by atoms with van der Waals surface area (Å²) in [6.45, 7) is 1.02. The van der Waals surface area contributed by atoms with Gasteiger partial charge in [0.25, 0.3) is 11.6 Å². The second-order valence-corrected chi connectivity index (χ2v) is 8.02. The second kappa shape index (κ2) is 9.16. The molecule has 31 heavy (non-hydrogen) atoms. The summed E-state index contributed by atoms with van der Waals surface area (Å²) in [5.74, 6) is -1.04. The summed E-state index contributed by atoms with van der Waals surface area (Å²) in [6, 6.07) is 15.8. The molecule has 1 aliphatic heterocycles. The van der Waals surface area contributed by atoms with Gasteiger partial charge in [-0.2, -0.15) is 0 Å². The molecular weight excluding hydrogens is 398 g/mol. The van der Waals surface area contributed by atoms with Crippen LogP contribution < -0.4 is 10.2 Å². The van der Waals surface area contributed by atoms with Crippen molar-refractivity contribution in [2.75, 3.05) is 18.0 Å². The number of amides is 1. The number of rotatable bonds is 7. The van der Waals surface area contributed by atoms with Gasteiger partial charge in [-0.25, -0.2) is 0 Å². The lowest BCUT2D eigenvalue weighted by Crippen LogP contribution is -2.39. The standard InChI is InChI=1S/C23H25N3O5/c27-22(24-18-10-11-18)21(16-6-2-1-3-7-16)31-23(28)17-12-14-25(15-13-17)19-8-4-5-9-20(19)26(29)30/h1-9,17-18,21H,10-15H2,(H,24,27)/t21-/m0/s1.